The standard InChI is InChI=1S/C30H33N3O2/c1-32(25-9-11-26(12-10-25)33(2)28-27(29(34)35)4-3-13-31-28)24-7-5-23(6-8-24)30-17-20-14-21(18-30)16-22(15-20)19-30/h3-13,20-22H,14-19H2,1-2H3,(H,34,35). The number of benzene rings is 2. The Bertz CT molecular complexity index is 1200. The quantitative estimate of drug-likeness (QED) is 0.433. The van der Waals surface area contributed by atoms with Crippen LogP contribution in [0.25, 0.3) is 0 Å². The molecule has 0 spiro atoms. The summed E-state index contributed by atoms with van der Waals surface area (Å²) in [5.41, 5.74) is 5.33. The third-order valence-corrected chi connectivity index (χ3v) is 8.86. The molecule has 1 heterocycles. The number of nitrogens with zero attached hydrogens (tertiary/aromatic N) is 3. The van der Waals surface area contributed by atoms with Gasteiger partial charge in [-0.2, -0.15) is 0 Å². The van der Waals surface area contributed by atoms with Crippen molar-refractivity contribution in [3.63, 3.8) is 0 Å². The zero-order valence-electron chi connectivity index (χ0n) is 20.5. The second-order valence-electron chi connectivity index (χ2n) is 11.1. The molecule has 7 rings (SSSR count). The minimum Gasteiger partial charge on any atom is -0.478 e. The first-order valence-corrected chi connectivity index (χ1v) is 12.8. The van der Waals surface area contributed by atoms with Crippen molar-refractivity contribution in [3.8, 4) is 0 Å². The smallest absolute Gasteiger partial charge is 0.339 e. The molecule has 3 aromatic rings. The maximum absolute atomic E-state index is 11.6. The molecule has 4 fully saturated rings. The molecule has 0 aliphatic heterocycles. The van der Waals surface area contributed by atoms with Gasteiger partial charge in [0.05, 0.1) is 0 Å². The molecule has 35 heavy (non-hydrogen) atoms. The molecule has 0 amide bonds. The van der Waals surface area contributed by atoms with Crippen LogP contribution >= 0.6 is 0 Å². The van der Waals surface area contributed by atoms with Crippen molar-refractivity contribution in [2.45, 2.75) is 43.9 Å². The van der Waals surface area contributed by atoms with Gasteiger partial charge < -0.3 is 14.9 Å². The van der Waals surface area contributed by atoms with Crippen LogP contribution in [0, 0.1) is 17.8 Å². The maximum atomic E-state index is 11.6. The number of hydrogen-bond donors (Lipinski definition) is 1. The SMILES string of the molecule is CN(c1ccc(N(C)c2ncccc2C(=O)O)cc1)c1ccc(C23CC4CC(CC(C4)C2)C3)cc1. The van der Waals surface area contributed by atoms with Gasteiger partial charge in [-0.05, 0) is 116 Å². The van der Waals surface area contributed by atoms with E-state index in [4.69, 9.17) is 0 Å². The molecule has 2 aromatic carbocycles. The van der Waals surface area contributed by atoms with E-state index in [9.17, 15) is 9.90 Å². The first kappa shape index (κ1) is 22.1. The average Bonchev–Trinajstić information content (AvgIpc) is 2.87. The fourth-order valence-corrected chi connectivity index (χ4v) is 7.51. The van der Waals surface area contributed by atoms with Crippen molar-refractivity contribution in [2.75, 3.05) is 23.9 Å². The van der Waals surface area contributed by atoms with Gasteiger partial charge in [0.2, 0.25) is 0 Å². The second kappa shape index (κ2) is 8.40. The summed E-state index contributed by atoms with van der Waals surface area (Å²) < 4.78 is 0. The molecule has 0 unspecified atom stereocenters. The number of carboxylic acid groups (broad SMARTS) is 1. The summed E-state index contributed by atoms with van der Waals surface area (Å²) in [6.07, 6.45) is 10.2. The van der Waals surface area contributed by atoms with Crippen LogP contribution in [-0.2, 0) is 5.41 Å². The Labute approximate surface area is 207 Å². The molecule has 4 bridgehead atoms. The van der Waals surface area contributed by atoms with E-state index in [0.29, 0.717) is 11.2 Å². The molecule has 4 aliphatic carbocycles. The van der Waals surface area contributed by atoms with E-state index in [0.717, 1.165) is 29.1 Å². The van der Waals surface area contributed by atoms with Gasteiger partial charge in [-0.3, -0.25) is 0 Å². The minimum atomic E-state index is -0.978. The lowest BCUT2D eigenvalue weighted by Gasteiger charge is -2.57. The van der Waals surface area contributed by atoms with Gasteiger partial charge in [0.1, 0.15) is 11.4 Å². The fourth-order valence-electron chi connectivity index (χ4n) is 7.51. The van der Waals surface area contributed by atoms with Gasteiger partial charge in [0, 0.05) is 37.4 Å². The molecule has 5 nitrogen and oxygen atoms in total. The van der Waals surface area contributed by atoms with Crippen LogP contribution in [0.4, 0.5) is 22.9 Å². The highest BCUT2D eigenvalue weighted by Crippen LogP contribution is 2.60. The number of aromatic nitrogens is 1. The van der Waals surface area contributed by atoms with Crippen LogP contribution in [0.1, 0.15) is 54.4 Å². The Morgan fingerprint density at radius 1 is 0.800 bits per heavy atom. The zero-order valence-corrected chi connectivity index (χ0v) is 20.5. The molecular formula is C30H33N3O2. The third-order valence-electron chi connectivity index (χ3n) is 8.86. The summed E-state index contributed by atoms with van der Waals surface area (Å²) in [6.45, 7) is 0. The topological polar surface area (TPSA) is 56.7 Å². The van der Waals surface area contributed by atoms with Crippen LogP contribution in [0.3, 0.4) is 0 Å². The third kappa shape index (κ3) is 3.87. The van der Waals surface area contributed by atoms with Crippen LogP contribution in [0.2, 0.25) is 0 Å². The first-order chi connectivity index (χ1) is 16.9. The molecule has 0 radical (unpaired) electrons. The number of anilines is 4. The van der Waals surface area contributed by atoms with Crippen molar-refractivity contribution < 1.29 is 9.90 Å². The molecule has 1 aromatic heterocycles. The van der Waals surface area contributed by atoms with Crippen molar-refractivity contribution in [3.05, 3.63) is 78.0 Å². The molecule has 180 valence electrons. The first-order valence-electron chi connectivity index (χ1n) is 12.8. The molecule has 0 saturated heterocycles. The van der Waals surface area contributed by atoms with Gasteiger partial charge in [0.15, 0.2) is 0 Å². The summed E-state index contributed by atoms with van der Waals surface area (Å²) in [5.74, 6) is 2.32. The second-order valence-corrected chi connectivity index (χ2v) is 11.1. The largest absolute Gasteiger partial charge is 0.478 e. The molecule has 4 aliphatic rings. The lowest BCUT2D eigenvalue weighted by atomic mass is 9.48. The van der Waals surface area contributed by atoms with Crippen molar-refractivity contribution in [2.24, 2.45) is 17.8 Å². The highest BCUT2D eigenvalue weighted by molar-refractivity contribution is 5.94. The molecular weight excluding hydrogens is 434 g/mol. The molecule has 0 atom stereocenters. The number of carboxylic acids is 1. The van der Waals surface area contributed by atoms with E-state index in [2.05, 4.69) is 53.3 Å². The van der Waals surface area contributed by atoms with Gasteiger partial charge in [-0.1, -0.05) is 12.1 Å². The van der Waals surface area contributed by atoms with E-state index in [1.165, 1.54) is 44.2 Å². The summed E-state index contributed by atoms with van der Waals surface area (Å²) in [4.78, 5) is 19.9. The summed E-state index contributed by atoms with van der Waals surface area (Å²) in [7, 11) is 3.94. The number of carbonyl (C=O) groups is 1. The van der Waals surface area contributed by atoms with E-state index in [1.54, 1.807) is 23.9 Å². The van der Waals surface area contributed by atoms with Crippen LogP contribution in [-0.4, -0.2) is 30.2 Å². The number of pyridine rings is 1. The average molecular weight is 468 g/mol. The number of aromatic carboxylic acids is 1. The molecule has 4 saturated carbocycles. The fraction of sp³-hybridized carbons (Fsp3) is 0.400. The van der Waals surface area contributed by atoms with Crippen LogP contribution in [0.15, 0.2) is 66.9 Å². The maximum Gasteiger partial charge on any atom is 0.339 e. The Hall–Kier alpha value is -3.34. The minimum absolute atomic E-state index is 0.190. The van der Waals surface area contributed by atoms with Crippen molar-refractivity contribution in [1.29, 1.82) is 0 Å². The van der Waals surface area contributed by atoms with Gasteiger partial charge in [0.25, 0.3) is 0 Å². The predicted molar refractivity (Wildman–Crippen MR) is 140 cm³/mol. The highest BCUT2D eigenvalue weighted by atomic mass is 16.4. The highest BCUT2D eigenvalue weighted by Gasteiger charge is 2.51. The Morgan fingerprint density at radius 2 is 1.29 bits per heavy atom. The number of hydrogen-bond acceptors (Lipinski definition) is 4. The van der Waals surface area contributed by atoms with Gasteiger partial charge >= 0.3 is 5.97 Å². The van der Waals surface area contributed by atoms with E-state index >= 15 is 0 Å². The molecule has 1 N–H and O–H groups in total. The predicted octanol–water partition coefficient (Wildman–Crippen LogP) is 6.78. The Kier molecular flexibility index (Phi) is 5.32. The van der Waals surface area contributed by atoms with Crippen molar-refractivity contribution >= 4 is 28.8 Å². The molecule has 5 heteroatoms. The normalized spacial score (nSPS) is 26.5. The zero-order chi connectivity index (χ0) is 24.2. The summed E-state index contributed by atoms with van der Waals surface area (Å²) in [6, 6.07) is 20.7. The monoisotopic (exact) mass is 467 g/mol. The Balaban J connectivity index is 1.19. The summed E-state index contributed by atoms with van der Waals surface area (Å²) >= 11 is 0. The van der Waals surface area contributed by atoms with Gasteiger partial charge in [-0.25, -0.2) is 9.78 Å². The lowest BCUT2D eigenvalue weighted by Crippen LogP contribution is -2.48. The number of rotatable bonds is 6. The van der Waals surface area contributed by atoms with E-state index in [-0.39, 0.29) is 5.56 Å². The van der Waals surface area contributed by atoms with Crippen LogP contribution < -0.4 is 9.80 Å². The lowest BCUT2D eigenvalue weighted by molar-refractivity contribution is -0.00518. The van der Waals surface area contributed by atoms with Gasteiger partial charge in [-0.15, -0.1) is 0 Å². The van der Waals surface area contributed by atoms with Crippen LogP contribution in [0.5, 0.6) is 0 Å². The van der Waals surface area contributed by atoms with E-state index in [1.807, 2.05) is 24.1 Å². The Morgan fingerprint density at radius 3 is 1.80 bits per heavy atom. The summed E-state index contributed by atoms with van der Waals surface area (Å²) in [5, 5.41) is 9.50. The van der Waals surface area contributed by atoms with Crippen molar-refractivity contribution in [1.82, 2.24) is 4.98 Å². The van der Waals surface area contributed by atoms with E-state index < -0.39 is 5.97 Å².